The Hall–Kier alpha value is -1.03. The molecule has 2 N–H and O–H groups in total. The Morgan fingerprint density at radius 2 is 1.88 bits per heavy atom. The molecule has 16 heavy (non-hydrogen) atoms. The van der Waals surface area contributed by atoms with Gasteiger partial charge in [0.15, 0.2) is 0 Å². The monoisotopic (exact) mass is 228 g/mol. The lowest BCUT2D eigenvalue weighted by molar-refractivity contribution is 0.0472. The Bertz CT molecular complexity index is 242. The van der Waals surface area contributed by atoms with Gasteiger partial charge in [-0.15, -0.1) is 6.58 Å². The van der Waals surface area contributed by atoms with Crippen molar-refractivity contribution in [1.82, 2.24) is 10.6 Å². The molecule has 0 aromatic heterocycles. The summed E-state index contributed by atoms with van der Waals surface area (Å²) in [5.41, 5.74) is -0.806. The SMILES string of the molecule is C=CCNCC(C)(C)NC(=O)OC(C)(C)C. The molecule has 0 aliphatic rings. The molecule has 0 aromatic carbocycles. The van der Waals surface area contributed by atoms with E-state index in [1.807, 2.05) is 34.6 Å². The molecule has 0 aliphatic carbocycles. The van der Waals surface area contributed by atoms with E-state index in [2.05, 4.69) is 17.2 Å². The van der Waals surface area contributed by atoms with E-state index in [4.69, 9.17) is 4.74 Å². The first-order chi connectivity index (χ1) is 7.16. The van der Waals surface area contributed by atoms with Crippen molar-refractivity contribution < 1.29 is 9.53 Å². The van der Waals surface area contributed by atoms with Gasteiger partial charge >= 0.3 is 6.09 Å². The maximum atomic E-state index is 11.5. The van der Waals surface area contributed by atoms with Crippen LogP contribution in [0.3, 0.4) is 0 Å². The van der Waals surface area contributed by atoms with Gasteiger partial charge in [0.1, 0.15) is 5.60 Å². The maximum Gasteiger partial charge on any atom is 0.408 e. The predicted octanol–water partition coefficient (Wildman–Crippen LogP) is 2.07. The minimum absolute atomic E-state index is 0.342. The second kappa shape index (κ2) is 5.89. The summed E-state index contributed by atoms with van der Waals surface area (Å²) in [5.74, 6) is 0. The van der Waals surface area contributed by atoms with E-state index in [0.717, 1.165) is 6.54 Å². The molecule has 0 saturated carbocycles. The molecule has 0 rings (SSSR count). The third-order valence-corrected chi connectivity index (χ3v) is 1.69. The van der Waals surface area contributed by atoms with Crippen LogP contribution in [-0.4, -0.2) is 30.3 Å². The molecule has 4 heteroatoms. The van der Waals surface area contributed by atoms with Gasteiger partial charge in [0.2, 0.25) is 0 Å². The van der Waals surface area contributed by atoms with Gasteiger partial charge in [0.25, 0.3) is 0 Å². The Morgan fingerprint density at radius 1 is 1.31 bits per heavy atom. The van der Waals surface area contributed by atoms with E-state index in [9.17, 15) is 4.79 Å². The molecular weight excluding hydrogens is 204 g/mol. The minimum atomic E-state index is -0.464. The lowest BCUT2D eigenvalue weighted by Crippen LogP contribution is -2.51. The predicted molar refractivity (Wildman–Crippen MR) is 66.5 cm³/mol. The molecule has 0 aliphatic heterocycles. The maximum absolute atomic E-state index is 11.5. The highest BCUT2D eigenvalue weighted by Crippen LogP contribution is 2.08. The summed E-state index contributed by atoms with van der Waals surface area (Å²) >= 11 is 0. The molecule has 94 valence electrons. The highest BCUT2D eigenvalue weighted by atomic mass is 16.6. The first-order valence-corrected chi connectivity index (χ1v) is 5.49. The fraction of sp³-hybridized carbons (Fsp3) is 0.750. The van der Waals surface area contributed by atoms with Crippen LogP contribution >= 0.6 is 0 Å². The van der Waals surface area contributed by atoms with Gasteiger partial charge in [-0.2, -0.15) is 0 Å². The summed E-state index contributed by atoms with van der Waals surface area (Å²) < 4.78 is 5.18. The fourth-order valence-electron chi connectivity index (χ4n) is 1.11. The van der Waals surface area contributed by atoms with Gasteiger partial charge in [-0.3, -0.25) is 0 Å². The molecule has 0 fully saturated rings. The Morgan fingerprint density at radius 3 is 2.31 bits per heavy atom. The summed E-state index contributed by atoms with van der Waals surface area (Å²) in [6.07, 6.45) is 1.39. The highest BCUT2D eigenvalue weighted by Gasteiger charge is 2.23. The van der Waals surface area contributed by atoms with Crippen LogP contribution in [0.25, 0.3) is 0 Å². The lowest BCUT2D eigenvalue weighted by Gasteiger charge is -2.28. The van der Waals surface area contributed by atoms with E-state index in [1.165, 1.54) is 0 Å². The average Bonchev–Trinajstić information content (AvgIpc) is 1.98. The molecule has 0 saturated heterocycles. The van der Waals surface area contributed by atoms with Crippen LogP contribution in [0.2, 0.25) is 0 Å². The number of alkyl carbamates (subject to hydrolysis) is 1. The van der Waals surface area contributed by atoms with Crippen molar-refractivity contribution >= 4 is 6.09 Å². The summed E-state index contributed by atoms with van der Waals surface area (Å²) in [6, 6.07) is 0. The van der Waals surface area contributed by atoms with Crippen molar-refractivity contribution in [2.24, 2.45) is 0 Å². The molecule has 0 bridgehead atoms. The summed E-state index contributed by atoms with van der Waals surface area (Å²) in [6.45, 7) is 14.4. The van der Waals surface area contributed by atoms with E-state index in [0.29, 0.717) is 6.54 Å². The van der Waals surface area contributed by atoms with E-state index >= 15 is 0 Å². The van der Waals surface area contributed by atoms with Gasteiger partial charge in [-0.05, 0) is 34.6 Å². The van der Waals surface area contributed by atoms with Gasteiger partial charge in [0, 0.05) is 13.1 Å². The van der Waals surface area contributed by atoms with Crippen LogP contribution < -0.4 is 10.6 Å². The molecule has 0 aromatic rings. The number of hydrogen-bond donors (Lipinski definition) is 2. The standard InChI is InChI=1S/C12H24N2O2/c1-7-8-13-9-12(5,6)14-10(15)16-11(2,3)4/h7,13H,1,8-9H2,2-6H3,(H,14,15). The number of hydrogen-bond acceptors (Lipinski definition) is 3. The van der Waals surface area contributed by atoms with Crippen LogP contribution in [0.15, 0.2) is 12.7 Å². The zero-order chi connectivity index (χ0) is 12.8. The molecule has 0 radical (unpaired) electrons. The van der Waals surface area contributed by atoms with Crippen molar-refractivity contribution in [3.63, 3.8) is 0 Å². The molecule has 0 spiro atoms. The van der Waals surface area contributed by atoms with E-state index in [1.54, 1.807) is 6.08 Å². The molecular formula is C12H24N2O2. The number of ether oxygens (including phenoxy) is 1. The number of amides is 1. The Labute approximate surface area is 98.4 Å². The molecule has 0 unspecified atom stereocenters. The lowest BCUT2D eigenvalue weighted by atomic mass is 10.1. The third kappa shape index (κ3) is 8.29. The quantitative estimate of drug-likeness (QED) is 0.559. The molecule has 0 atom stereocenters. The topological polar surface area (TPSA) is 50.4 Å². The fourth-order valence-corrected chi connectivity index (χ4v) is 1.11. The zero-order valence-corrected chi connectivity index (χ0v) is 11.0. The van der Waals surface area contributed by atoms with Crippen molar-refractivity contribution in [2.45, 2.75) is 45.8 Å². The van der Waals surface area contributed by atoms with Crippen LogP contribution in [0.4, 0.5) is 4.79 Å². The van der Waals surface area contributed by atoms with Gasteiger partial charge in [0.05, 0.1) is 5.54 Å². The van der Waals surface area contributed by atoms with Crippen LogP contribution in [0.5, 0.6) is 0 Å². The normalized spacial score (nSPS) is 12.1. The largest absolute Gasteiger partial charge is 0.444 e. The van der Waals surface area contributed by atoms with Crippen LogP contribution in [-0.2, 0) is 4.74 Å². The molecule has 0 heterocycles. The van der Waals surface area contributed by atoms with E-state index in [-0.39, 0.29) is 5.54 Å². The van der Waals surface area contributed by atoms with Crippen molar-refractivity contribution in [2.75, 3.05) is 13.1 Å². The van der Waals surface area contributed by atoms with Crippen LogP contribution in [0.1, 0.15) is 34.6 Å². The summed E-state index contributed by atoms with van der Waals surface area (Å²) in [4.78, 5) is 11.5. The summed E-state index contributed by atoms with van der Waals surface area (Å²) in [5, 5.41) is 5.97. The summed E-state index contributed by atoms with van der Waals surface area (Å²) in [7, 11) is 0. The number of carbonyl (C=O) groups excluding carboxylic acids is 1. The van der Waals surface area contributed by atoms with Crippen molar-refractivity contribution in [1.29, 1.82) is 0 Å². The number of carbonyl (C=O) groups is 1. The number of nitrogens with one attached hydrogen (secondary N) is 2. The first kappa shape index (κ1) is 15.0. The van der Waals surface area contributed by atoms with Gasteiger partial charge < -0.3 is 15.4 Å². The Balaban J connectivity index is 4.04. The first-order valence-electron chi connectivity index (χ1n) is 5.49. The Kier molecular flexibility index (Phi) is 5.51. The molecule has 1 amide bonds. The smallest absolute Gasteiger partial charge is 0.408 e. The molecule has 4 nitrogen and oxygen atoms in total. The van der Waals surface area contributed by atoms with E-state index < -0.39 is 11.7 Å². The van der Waals surface area contributed by atoms with Crippen molar-refractivity contribution in [3.05, 3.63) is 12.7 Å². The van der Waals surface area contributed by atoms with Crippen molar-refractivity contribution in [3.8, 4) is 0 Å². The van der Waals surface area contributed by atoms with Crippen LogP contribution in [0, 0.1) is 0 Å². The minimum Gasteiger partial charge on any atom is -0.444 e. The second-order valence-electron chi connectivity index (χ2n) is 5.43. The highest BCUT2D eigenvalue weighted by molar-refractivity contribution is 5.68. The second-order valence-corrected chi connectivity index (χ2v) is 5.43. The van der Waals surface area contributed by atoms with Gasteiger partial charge in [-0.1, -0.05) is 6.08 Å². The average molecular weight is 228 g/mol. The third-order valence-electron chi connectivity index (χ3n) is 1.69. The number of rotatable bonds is 5. The zero-order valence-electron chi connectivity index (χ0n) is 11.0. The van der Waals surface area contributed by atoms with Gasteiger partial charge in [-0.25, -0.2) is 4.79 Å².